The summed E-state index contributed by atoms with van der Waals surface area (Å²) in [7, 11) is 2.18. The van der Waals surface area contributed by atoms with E-state index >= 15 is 0 Å². The molecule has 0 aromatic heterocycles. The minimum atomic E-state index is -0.486. The number of fused-ring (bicyclic) bond motifs is 4. The van der Waals surface area contributed by atoms with Crippen molar-refractivity contribution in [2.24, 2.45) is 0 Å². The molecule has 1 aliphatic heterocycles. The van der Waals surface area contributed by atoms with Gasteiger partial charge in [-0.2, -0.15) is 0 Å². The molecule has 150 valence electrons. The first-order valence-corrected chi connectivity index (χ1v) is 9.83. The Labute approximate surface area is 162 Å². The van der Waals surface area contributed by atoms with E-state index in [1.54, 1.807) is 6.07 Å². The number of carbonyl (C=O) groups is 1. The highest BCUT2D eigenvalue weighted by Gasteiger charge is 2.49. The Bertz CT molecular complexity index is 700. The van der Waals surface area contributed by atoms with Crippen molar-refractivity contribution in [2.45, 2.75) is 63.6 Å². The van der Waals surface area contributed by atoms with Crippen molar-refractivity contribution in [3.05, 3.63) is 29.3 Å². The van der Waals surface area contributed by atoms with E-state index in [-0.39, 0.29) is 17.6 Å². The van der Waals surface area contributed by atoms with E-state index < -0.39 is 5.60 Å². The summed E-state index contributed by atoms with van der Waals surface area (Å²) in [5.41, 5.74) is 2.07. The minimum absolute atomic E-state index is 0.0323. The van der Waals surface area contributed by atoms with E-state index in [1.165, 1.54) is 11.1 Å². The van der Waals surface area contributed by atoms with Crippen LogP contribution in [-0.4, -0.2) is 60.5 Å². The number of ether oxygens (including phenoxy) is 1. The number of nitrogens with zero attached hydrogens (tertiary/aromatic N) is 1. The third kappa shape index (κ3) is 4.22. The molecule has 1 saturated heterocycles. The monoisotopic (exact) mass is 375 g/mol. The summed E-state index contributed by atoms with van der Waals surface area (Å²) in [6.45, 7) is 10.1. The highest BCUT2D eigenvalue weighted by Crippen LogP contribution is 2.45. The highest BCUT2D eigenvalue weighted by molar-refractivity contribution is 5.67. The molecule has 1 aliphatic carbocycles. The first-order valence-electron chi connectivity index (χ1n) is 9.83. The van der Waals surface area contributed by atoms with Crippen LogP contribution in [0.5, 0.6) is 5.75 Å². The molecule has 1 heterocycles. The number of phenols is 1. The van der Waals surface area contributed by atoms with E-state index in [9.17, 15) is 9.90 Å². The zero-order chi connectivity index (χ0) is 19.8. The molecular formula is C21H33N3O3. The second-order valence-electron chi connectivity index (χ2n) is 9.12. The lowest BCUT2D eigenvalue weighted by molar-refractivity contribution is 0.0515. The lowest BCUT2D eigenvalue weighted by Gasteiger charge is -2.55. The van der Waals surface area contributed by atoms with Crippen LogP contribution in [0.25, 0.3) is 0 Å². The molecule has 0 spiro atoms. The highest BCUT2D eigenvalue weighted by atomic mass is 16.6. The molecular weight excluding hydrogens is 342 g/mol. The van der Waals surface area contributed by atoms with Crippen LogP contribution in [0.4, 0.5) is 4.79 Å². The molecule has 27 heavy (non-hydrogen) atoms. The summed E-state index contributed by atoms with van der Waals surface area (Å²) in [6, 6.07) is 6.46. The van der Waals surface area contributed by atoms with E-state index in [0.29, 0.717) is 24.9 Å². The second-order valence-corrected chi connectivity index (χ2v) is 9.12. The van der Waals surface area contributed by atoms with Gasteiger partial charge in [-0.1, -0.05) is 13.0 Å². The van der Waals surface area contributed by atoms with E-state index in [2.05, 4.69) is 35.6 Å². The molecule has 2 bridgehead atoms. The first-order chi connectivity index (χ1) is 12.6. The normalized spacial score (nSPS) is 27.7. The molecule has 1 aromatic rings. The molecule has 3 N–H and O–H groups in total. The molecule has 1 aromatic carbocycles. The Balaban J connectivity index is 1.67. The molecule has 1 unspecified atom stereocenters. The van der Waals surface area contributed by atoms with Gasteiger partial charge in [0.15, 0.2) is 0 Å². The predicted molar refractivity (Wildman–Crippen MR) is 106 cm³/mol. The van der Waals surface area contributed by atoms with Crippen LogP contribution in [0, 0.1) is 0 Å². The van der Waals surface area contributed by atoms with Gasteiger partial charge in [-0.25, -0.2) is 4.79 Å². The topological polar surface area (TPSA) is 73.8 Å². The summed E-state index contributed by atoms with van der Waals surface area (Å²) in [5, 5.41) is 16.5. The number of nitrogens with one attached hydrogen (secondary N) is 2. The fourth-order valence-electron chi connectivity index (χ4n) is 4.55. The Morgan fingerprint density at radius 2 is 2.11 bits per heavy atom. The standard InChI is InChI=1S/C21H33N3O3/c1-20(2,3)27-19(26)23-10-9-22-18-17-12-14-6-7-15(25)13-16(14)21(18,4)8-11-24(17)5/h6-7,13,17-18,22,25H,8-12H2,1-5H3,(H,23,26)/t17-,18-,21?/m1/s1. The predicted octanol–water partition coefficient (Wildman–Crippen LogP) is 2.39. The molecule has 0 radical (unpaired) electrons. The summed E-state index contributed by atoms with van der Waals surface area (Å²) in [5.74, 6) is 0.331. The van der Waals surface area contributed by atoms with Crippen LogP contribution in [0.3, 0.4) is 0 Å². The van der Waals surface area contributed by atoms with Crippen molar-refractivity contribution in [1.82, 2.24) is 15.5 Å². The van der Waals surface area contributed by atoms with Gasteiger partial charge in [0.05, 0.1) is 0 Å². The molecule has 6 heteroatoms. The van der Waals surface area contributed by atoms with Crippen molar-refractivity contribution in [2.75, 3.05) is 26.7 Å². The number of rotatable bonds is 4. The largest absolute Gasteiger partial charge is 0.508 e. The number of hydrogen-bond acceptors (Lipinski definition) is 5. The molecule has 1 fully saturated rings. The van der Waals surface area contributed by atoms with Crippen LogP contribution in [-0.2, 0) is 16.6 Å². The van der Waals surface area contributed by atoms with E-state index in [0.717, 1.165) is 19.4 Å². The lowest BCUT2D eigenvalue weighted by atomic mass is 9.61. The smallest absolute Gasteiger partial charge is 0.407 e. The maximum atomic E-state index is 11.8. The fourth-order valence-corrected chi connectivity index (χ4v) is 4.55. The van der Waals surface area contributed by atoms with Crippen LogP contribution in [0.2, 0.25) is 0 Å². The summed E-state index contributed by atoms with van der Waals surface area (Å²) >= 11 is 0. The Morgan fingerprint density at radius 1 is 1.37 bits per heavy atom. The zero-order valence-corrected chi connectivity index (χ0v) is 17.1. The van der Waals surface area contributed by atoms with Gasteiger partial charge in [0.1, 0.15) is 11.4 Å². The minimum Gasteiger partial charge on any atom is -0.508 e. The van der Waals surface area contributed by atoms with Gasteiger partial charge in [0.25, 0.3) is 0 Å². The van der Waals surface area contributed by atoms with Crippen LogP contribution < -0.4 is 10.6 Å². The number of likely N-dealkylation sites (tertiary alicyclic amines) is 1. The fraction of sp³-hybridized carbons (Fsp3) is 0.667. The third-order valence-electron chi connectivity index (χ3n) is 5.92. The average Bonchev–Trinajstić information content (AvgIpc) is 2.56. The number of alkyl carbamates (subject to hydrolysis) is 1. The van der Waals surface area contributed by atoms with Gasteiger partial charge in [-0.3, -0.25) is 0 Å². The maximum absolute atomic E-state index is 11.8. The van der Waals surface area contributed by atoms with Gasteiger partial charge in [0.2, 0.25) is 0 Å². The number of hydrogen-bond donors (Lipinski definition) is 3. The summed E-state index contributed by atoms with van der Waals surface area (Å²) in [6.07, 6.45) is 1.62. The number of phenolic OH excluding ortho intramolecular Hbond substituents is 1. The van der Waals surface area contributed by atoms with Crippen molar-refractivity contribution >= 4 is 6.09 Å². The van der Waals surface area contributed by atoms with Crippen molar-refractivity contribution in [1.29, 1.82) is 0 Å². The Hall–Kier alpha value is -1.79. The van der Waals surface area contributed by atoms with Gasteiger partial charge in [0, 0.05) is 30.6 Å². The SMILES string of the molecule is CN1CCC2(C)c3cc(O)ccc3C[C@@H]1[C@H]2NCCNC(=O)OC(C)(C)C. The number of piperidine rings is 1. The van der Waals surface area contributed by atoms with Crippen molar-refractivity contribution in [3.63, 3.8) is 0 Å². The Morgan fingerprint density at radius 3 is 2.81 bits per heavy atom. The number of benzene rings is 1. The Kier molecular flexibility index (Phi) is 5.41. The van der Waals surface area contributed by atoms with Gasteiger partial charge >= 0.3 is 6.09 Å². The van der Waals surface area contributed by atoms with Crippen LogP contribution in [0.1, 0.15) is 45.2 Å². The van der Waals surface area contributed by atoms with E-state index in [1.807, 2.05) is 26.8 Å². The van der Waals surface area contributed by atoms with Gasteiger partial charge in [-0.15, -0.1) is 0 Å². The molecule has 3 atom stereocenters. The zero-order valence-electron chi connectivity index (χ0n) is 17.1. The molecule has 0 saturated carbocycles. The second kappa shape index (κ2) is 7.32. The molecule has 3 rings (SSSR count). The van der Waals surface area contributed by atoms with Crippen LogP contribution in [0.15, 0.2) is 18.2 Å². The molecule has 6 nitrogen and oxygen atoms in total. The quantitative estimate of drug-likeness (QED) is 0.705. The third-order valence-corrected chi connectivity index (χ3v) is 5.92. The summed E-state index contributed by atoms with van der Waals surface area (Å²) in [4.78, 5) is 14.3. The number of likely N-dealkylation sites (N-methyl/N-ethyl adjacent to an activating group) is 1. The lowest BCUT2D eigenvalue weighted by Crippen LogP contribution is -2.66. The van der Waals surface area contributed by atoms with Gasteiger partial charge in [-0.05, 0) is 70.5 Å². The maximum Gasteiger partial charge on any atom is 0.407 e. The van der Waals surface area contributed by atoms with Crippen LogP contribution >= 0.6 is 0 Å². The first kappa shape index (κ1) is 20.0. The summed E-state index contributed by atoms with van der Waals surface area (Å²) < 4.78 is 5.29. The molecule has 1 amide bonds. The van der Waals surface area contributed by atoms with Gasteiger partial charge < -0.3 is 25.4 Å². The van der Waals surface area contributed by atoms with Crippen molar-refractivity contribution in [3.8, 4) is 5.75 Å². The van der Waals surface area contributed by atoms with E-state index in [4.69, 9.17) is 4.74 Å². The average molecular weight is 376 g/mol. The number of amides is 1. The molecule has 2 aliphatic rings. The van der Waals surface area contributed by atoms with Crippen molar-refractivity contribution < 1.29 is 14.6 Å². The number of carbonyl (C=O) groups excluding carboxylic acids is 1. The number of aromatic hydroxyl groups is 1.